The number of nitrogens with zero attached hydrogens (tertiary/aromatic N) is 10. The maximum absolute atomic E-state index is 15.0. The number of carbonyl (C=O) groups excluding carboxylic acids is 1. The molecule has 51 heavy (non-hydrogen) atoms. The molecule has 0 saturated carbocycles. The first kappa shape index (κ1) is 32.4. The van der Waals surface area contributed by atoms with Crippen molar-refractivity contribution in [2.24, 2.45) is 0 Å². The highest BCUT2D eigenvalue weighted by Crippen LogP contribution is 2.35. The Morgan fingerprint density at radius 3 is 2.61 bits per heavy atom. The Morgan fingerprint density at radius 1 is 0.961 bits per heavy atom. The van der Waals surface area contributed by atoms with Gasteiger partial charge in [0, 0.05) is 57.2 Å². The number of ether oxygens (including phenoxy) is 2. The van der Waals surface area contributed by atoms with Gasteiger partial charge in [-0.3, -0.25) is 4.79 Å². The molecule has 2 aromatic carbocycles. The molecule has 4 aromatic heterocycles. The van der Waals surface area contributed by atoms with Gasteiger partial charge in [-0.15, -0.1) is 0 Å². The van der Waals surface area contributed by atoms with Gasteiger partial charge in [-0.05, 0) is 44.5 Å². The third-order valence-corrected chi connectivity index (χ3v) is 9.58. The monoisotopic (exact) mass is 695 g/mol. The number of benzene rings is 2. The summed E-state index contributed by atoms with van der Waals surface area (Å²) in [5, 5.41) is 8.64. The number of rotatable bonds is 4. The van der Waals surface area contributed by atoms with Crippen molar-refractivity contribution in [1.29, 1.82) is 0 Å². The summed E-state index contributed by atoms with van der Waals surface area (Å²) in [5.74, 6) is 1.30. The van der Waals surface area contributed by atoms with Gasteiger partial charge < -0.3 is 29.2 Å². The van der Waals surface area contributed by atoms with E-state index in [1.165, 1.54) is 31.4 Å². The minimum Gasteiger partial charge on any atom is -0.494 e. The van der Waals surface area contributed by atoms with Crippen LogP contribution < -0.4 is 15.0 Å². The topological polar surface area (TPSA) is 141 Å². The molecule has 6 aromatic rings. The van der Waals surface area contributed by atoms with Crippen LogP contribution in [-0.2, 0) is 16.1 Å². The molecule has 0 spiro atoms. The number of methoxy groups -OCH3 is 2. The van der Waals surface area contributed by atoms with Gasteiger partial charge in [0.1, 0.15) is 46.6 Å². The molecular formula is C35H35F2N11O3. The van der Waals surface area contributed by atoms with E-state index < -0.39 is 23.8 Å². The lowest BCUT2D eigenvalue weighted by Gasteiger charge is -2.31. The van der Waals surface area contributed by atoms with Crippen molar-refractivity contribution in [2.45, 2.75) is 45.0 Å². The number of imidazole rings is 1. The highest BCUT2D eigenvalue weighted by atomic mass is 19.1. The molecule has 1 fully saturated rings. The van der Waals surface area contributed by atoms with E-state index in [1.807, 2.05) is 16.4 Å². The third-order valence-electron chi connectivity index (χ3n) is 9.58. The van der Waals surface area contributed by atoms with E-state index in [9.17, 15) is 13.6 Å². The maximum atomic E-state index is 15.0. The number of halogens is 2. The zero-order valence-corrected chi connectivity index (χ0v) is 28.6. The molecule has 14 nitrogen and oxygen atoms in total. The second-order valence-corrected chi connectivity index (χ2v) is 12.9. The van der Waals surface area contributed by atoms with Crippen molar-refractivity contribution in [3.63, 3.8) is 0 Å². The first-order valence-electron chi connectivity index (χ1n) is 16.5. The van der Waals surface area contributed by atoms with Crippen LogP contribution in [0.3, 0.4) is 0 Å². The van der Waals surface area contributed by atoms with Crippen LogP contribution in [0.1, 0.15) is 18.1 Å². The summed E-state index contributed by atoms with van der Waals surface area (Å²) in [7, 11) is 4.83. The van der Waals surface area contributed by atoms with Gasteiger partial charge in [-0.25, -0.2) is 38.4 Å². The van der Waals surface area contributed by atoms with Crippen molar-refractivity contribution in [3.05, 3.63) is 72.1 Å². The molecule has 16 heteroatoms. The van der Waals surface area contributed by atoms with Crippen LogP contribution in [-0.4, -0.2) is 103 Å². The molecule has 1 amide bonds. The number of fused-ring (bicyclic) bond motifs is 6. The van der Waals surface area contributed by atoms with E-state index in [0.717, 1.165) is 5.52 Å². The summed E-state index contributed by atoms with van der Waals surface area (Å²) in [4.78, 5) is 41.6. The van der Waals surface area contributed by atoms with Crippen LogP contribution in [0.25, 0.3) is 39.0 Å². The normalized spacial score (nSPS) is 19.4. The highest BCUT2D eigenvalue weighted by molar-refractivity contribution is 5.94. The van der Waals surface area contributed by atoms with Gasteiger partial charge in [-0.1, -0.05) is 0 Å². The number of anilines is 2. The van der Waals surface area contributed by atoms with Crippen LogP contribution in [0.4, 0.5) is 20.5 Å². The predicted octanol–water partition coefficient (Wildman–Crippen LogP) is 4.07. The van der Waals surface area contributed by atoms with E-state index >= 15 is 0 Å². The molecule has 2 aliphatic rings. The van der Waals surface area contributed by atoms with Crippen molar-refractivity contribution in [3.8, 4) is 22.7 Å². The minimum absolute atomic E-state index is 0.127. The largest absolute Gasteiger partial charge is 0.494 e. The number of aryl methyl sites for hydroxylation is 2. The quantitative estimate of drug-likeness (QED) is 0.285. The lowest BCUT2D eigenvalue weighted by Crippen LogP contribution is -2.47. The lowest BCUT2D eigenvalue weighted by atomic mass is 10.1. The Morgan fingerprint density at radius 2 is 1.80 bits per heavy atom. The Hall–Kier alpha value is -5.77. The summed E-state index contributed by atoms with van der Waals surface area (Å²) < 4.78 is 44.0. The zero-order chi connectivity index (χ0) is 35.6. The van der Waals surface area contributed by atoms with E-state index in [1.54, 1.807) is 55.2 Å². The number of likely N-dealkylation sites (N-methyl/N-ethyl adjacent to an activating group) is 1. The Bertz CT molecular complexity index is 2330. The second-order valence-electron chi connectivity index (χ2n) is 12.9. The van der Waals surface area contributed by atoms with Crippen LogP contribution in [0.5, 0.6) is 5.75 Å². The summed E-state index contributed by atoms with van der Waals surface area (Å²) in [6.07, 6.45) is 3.26. The number of carbonyl (C=O) groups is 1. The van der Waals surface area contributed by atoms with Gasteiger partial charge in [0.25, 0.3) is 0 Å². The number of aromatic nitrogens is 8. The summed E-state index contributed by atoms with van der Waals surface area (Å²) >= 11 is 0. The fourth-order valence-corrected chi connectivity index (χ4v) is 7.22. The van der Waals surface area contributed by atoms with Gasteiger partial charge in [-0.2, -0.15) is 5.10 Å². The fraction of sp³-hybridized carbons (Fsp3) is 0.343. The molecule has 4 bridgehead atoms. The van der Waals surface area contributed by atoms with Gasteiger partial charge in [0.2, 0.25) is 11.9 Å². The number of hydrogen-bond donors (Lipinski definition) is 1. The SMILES string of the molecule is COc1cc(F)ccc1-n1ncc2c(N3C[C@@H]4C[C@H]3C(=O)N(C)CC(OC)Cn3c(C)nc5cc(F)cc(c53)-c3ccnc(n3)N4)nc(C)nc21. The first-order valence-corrected chi connectivity index (χ1v) is 16.5. The van der Waals surface area contributed by atoms with Gasteiger partial charge in [0.15, 0.2) is 5.65 Å². The Kier molecular flexibility index (Phi) is 7.97. The van der Waals surface area contributed by atoms with Crippen molar-refractivity contribution in [2.75, 3.05) is 44.6 Å². The van der Waals surface area contributed by atoms with Crippen molar-refractivity contribution >= 4 is 39.7 Å². The molecular weight excluding hydrogens is 660 g/mol. The van der Waals surface area contributed by atoms with E-state index in [-0.39, 0.29) is 24.2 Å². The van der Waals surface area contributed by atoms with Crippen LogP contribution in [0, 0.1) is 25.5 Å². The number of hydrogen-bond acceptors (Lipinski definition) is 11. The Labute approximate surface area is 291 Å². The van der Waals surface area contributed by atoms with Gasteiger partial charge >= 0.3 is 0 Å². The van der Waals surface area contributed by atoms with Crippen molar-refractivity contribution < 1.29 is 23.0 Å². The third kappa shape index (κ3) is 5.64. The van der Waals surface area contributed by atoms with Crippen LogP contribution >= 0.6 is 0 Å². The molecule has 6 heterocycles. The second kappa shape index (κ2) is 12.5. The number of amides is 1. The van der Waals surface area contributed by atoms with Gasteiger partial charge in [0.05, 0.1) is 48.1 Å². The maximum Gasteiger partial charge on any atom is 0.245 e. The highest BCUT2D eigenvalue weighted by Gasteiger charge is 2.41. The summed E-state index contributed by atoms with van der Waals surface area (Å²) in [5.41, 5.74) is 3.30. The predicted molar refractivity (Wildman–Crippen MR) is 185 cm³/mol. The smallest absolute Gasteiger partial charge is 0.245 e. The molecule has 1 unspecified atom stereocenters. The lowest BCUT2D eigenvalue weighted by molar-refractivity contribution is -0.132. The molecule has 2 aliphatic heterocycles. The molecule has 0 radical (unpaired) electrons. The first-order chi connectivity index (χ1) is 24.6. The average molecular weight is 696 g/mol. The molecule has 8 rings (SSSR count). The van der Waals surface area contributed by atoms with E-state index in [4.69, 9.17) is 24.4 Å². The molecule has 3 atom stereocenters. The van der Waals surface area contributed by atoms with E-state index in [0.29, 0.717) is 76.4 Å². The molecule has 1 saturated heterocycles. The van der Waals surface area contributed by atoms with Crippen LogP contribution in [0.2, 0.25) is 0 Å². The fourth-order valence-electron chi connectivity index (χ4n) is 7.22. The minimum atomic E-state index is -0.632. The summed E-state index contributed by atoms with van der Waals surface area (Å²) in [6, 6.07) is 7.90. The van der Waals surface area contributed by atoms with Crippen LogP contribution in [0.15, 0.2) is 48.8 Å². The number of nitrogens with one attached hydrogen (secondary N) is 1. The van der Waals surface area contributed by atoms with E-state index in [2.05, 4.69) is 20.4 Å². The average Bonchev–Trinajstić information content (AvgIpc) is 3.81. The molecule has 0 aliphatic carbocycles. The standard InChI is InChI=1S/C35H35F2N11O3/c1-18-40-32(25-14-39-48(33(25)41-18)28-7-6-20(36)12-30(28)51-5)47-15-22-13-29(47)34(49)45(3)16-23(50-4)17-46-19(2)42-27-11-21(37)10-24(31(27)46)26-8-9-38-35(43-22)44-26/h6-12,14,22-23,29H,13,15-17H2,1-5H3,(H,38,43,44)/t22-,23?,29-/m0/s1. The zero-order valence-electron chi connectivity index (χ0n) is 28.6. The molecule has 1 N–H and O–H groups in total. The molecule has 262 valence electrons. The summed E-state index contributed by atoms with van der Waals surface area (Å²) in [6.45, 7) is 4.65. The van der Waals surface area contributed by atoms with Crippen molar-refractivity contribution in [1.82, 2.24) is 44.2 Å². The Balaban J connectivity index is 1.24.